The van der Waals surface area contributed by atoms with Gasteiger partial charge in [0.25, 0.3) is 0 Å². The van der Waals surface area contributed by atoms with Crippen molar-refractivity contribution in [1.82, 2.24) is 10.2 Å². The summed E-state index contributed by atoms with van der Waals surface area (Å²) in [6.07, 6.45) is 2.03. The molecule has 0 saturated heterocycles. The van der Waals surface area contributed by atoms with Gasteiger partial charge in [0.05, 0.1) is 0 Å². The Bertz CT molecular complexity index is 599. The highest BCUT2D eigenvalue weighted by Gasteiger charge is 2.03. The van der Waals surface area contributed by atoms with Crippen LogP contribution in [0.4, 0.5) is 16.0 Å². The molecule has 0 atom stereocenters. The zero-order valence-corrected chi connectivity index (χ0v) is 12.5. The smallest absolute Gasteiger partial charge is 0.225 e. The zero-order valence-electron chi connectivity index (χ0n) is 12.5. The first-order chi connectivity index (χ1) is 10.7. The van der Waals surface area contributed by atoms with Crippen molar-refractivity contribution in [2.24, 2.45) is 0 Å². The molecule has 0 bridgehead atoms. The molecule has 2 aromatic rings. The average Bonchev–Trinajstić information content (AvgIpc) is 2.51. The molecule has 0 aliphatic carbocycles. The number of carbonyl (C=O) groups is 1. The normalized spacial score (nSPS) is 10.3. The van der Waals surface area contributed by atoms with E-state index in [1.54, 1.807) is 24.3 Å². The highest BCUT2D eigenvalue weighted by atomic mass is 19.1. The molecule has 2 rings (SSSR count). The lowest BCUT2D eigenvalue weighted by Gasteiger charge is -2.06. The molecule has 6 heteroatoms. The number of rotatable bonds is 7. The standard InChI is InChI=1S/C16H19FN4O/c1-2-3-16(22)19-15-9-8-14(20-21-15)18-11-10-12-4-6-13(17)7-5-12/h4-9H,2-3,10-11H2,1H3,(H,18,20)(H,19,21,22). The number of amides is 1. The number of anilines is 2. The van der Waals surface area contributed by atoms with Crippen molar-refractivity contribution < 1.29 is 9.18 Å². The second-order valence-corrected chi connectivity index (χ2v) is 4.91. The van der Waals surface area contributed by atoms with Crippen molar-refractivity contribution >= 4 is 17.5 Å². The average molecular weight is 302 g/mol. The van der Waals surface area contributed by atoms with E-state index in [2.05, 4.69) is 20.8 Å². The van der Waals surface area contributed by atoms with Crippen LogP contribution in [0.15, 0.2) is 36.4 Å². The molecule has 0 aliphatic heterocycles. The maximum Gasteiger partial charge on any atom is 0.225 e. The quantitative estimate of drug-likeness (QED) is 0.825. The molecule has 0 saturated carbocycles. The fourth-order valence-corrected chi connectivity index (χ4v) is 1.91. The lowest BCUT2D eigenvalue weighted by Crippen LogP contribution is -2.13. The highest BCUT2D eigenvalue weighted by molar-refractivity contribution is 5.89. The second-order valence-electron chi connectivity index (χ2n) is 4.91. The number of hydrogen-bond donors (Lipinski definition) is 2. The molecule has 1 aromatic carbocycles. The van der Waals surface area contributed by atoms with E-state index in [1.165, 1.54) is 12.1 Å². The minimum absolute atomic E-state index is 0.0613. The van der Waals surface area contributed by atoms with Crippen LogP contribution in [-0.2, 0) is 11.2 Å². The molecule has 0 radical (unpaired) electrons. The molecular weight excluding hydrogens is 283 g/mol. The van der Waals surface area contributed by atoms with Gasteiger partial charge in [-0.25, -0.2) is 4.39 Å². The molecule has 1 aromatic heterocycles. The van der Waals surface area contributed by atoms with Crippen molar-refractivity contribution in [2.75, 3.05) is 17.2 Å². The number of halogens is 1. The zero-order chi connectivity index (χ0) is 15.8. The predicted molar refractivity (Wildman–Crippen MR) is 84.2 cm³/mol. The third-order valence-corrected chi connectivity index (χ3v) is 3.04. The molecule has 2 N–H and O–H groups in total. The molecule has 5 nitrogen and oxygen atoms in total. The summed E-state index contributed by atoms with van der Waals surface area (Å²) in [5.41, 5.74) is 1.05. The second kappa shape index (κ2) is 8.07. The summed E-state index contributed by atoms with van der Waals surface area (Å²) in [5.74, 6) is 0.787. The summed E-state index contributed by atoms with van der Waals surface area (Å²) in [5, 5.41) is 13.8. The molecule has 0 spiro atoms. The van der Waals surface area contributed by atoms with Crippen LogP contribution in [0.5, 0.6) is 0 Å². The van der Waals surface area contributed by atoms with Crippen molar-refractivity contribution in [3.63, 3.8) is 0 Å². The van der Waals surface area contributed by atoms with Gasteiger partial charge in [-0.15, -0.1) is 10.2 Å². The summed E-state index contributed by atoms with van der Waals surface area (Å²) in [6, 6.07) is 9.88. The van der Waals surface area contributed by atoms with Crippen LogP contribution < -0.4 is 10.6 Å². The Balaban J connectivity index is 1.78. The van der Waals surface area contributed by atoms with Gasteiger partial charge >= 0.3 is 0 Å². The van der Waals surface area contributed by atoms with E-state index < -0.39 is 0 Å². The van der Waals surface area contributed by atoms with Crippen molar-refractivity contribution in [3.05, 3.63) is 47.8 Å². The summed E-state index contributed by atoms with van der Waals surface area (Å²) in [4.78, 5) is 11.4. The van der Waals surface area contributed by atoms with Crippen LogP contribution in [0.3, 0.4) is 0 Å². The summed E-state index contributed by atoms with van der Waals surface area (Å²) in [7, 11) is 0. The highest BCUT2D eigenvalue weighted by Crippen LogP contribution is 2.08. The molecule has 0 fully saturated rings. The Morgan fingerprint density at radius 2 is 1.77 bits per heavy atom. The topological polar surface area (TPSA) is 66.9 Å². The molecule has 22 heavy (non-hydrogen) atoms. The van der Waals surface area contributed by atoms with E-state index in [0.29, 0.717) is 24.6 Å². The van der Waals surface area contributed by atoms with Gasteiger partial charge in [-0.3, -0.25) is 4.79 Å². The Hall–Kier alpha value is -2.50. The van der Waals surface area contributed by atoms with E-state index in [9.17, 15) is 9.18 Å². The Labute approximate surface area is 129 Å². The van der Waals surface area contributed by atoms with Crippen molar-refractivity contribution in [2.45, 2.75) is 26.2 Å². The number of carbonyl (C=O) groups excluding carboxylic acids is 1. The van der Waals surface area contributed by atoms with Gasteiger partial charge in [0, 0.05) is 13.0 Å². The van der Waals surface area contributed by atoms with Gasteiger partial charge < -0.3 is 10.6 Å². The summed E-state index contributed by atoms with van der Waals surface area (Å²) >= 11 is 0. The first kappa shape index (κ1) is 15.9. The van der Waals surface area contributed by atoms with Crippen LogP contribution in [0.25, 0.3) is 0 Å². The first-order valence-electron chi connectivity index (χ1n) is 7.29. The number of benzene rings is 1. The van der Waals surface area contributed by atoms with Crippen LogP contribution in [-0.4, -0.2) is 22.6 Å². The number of hydrogen-bond acceptors (Lipinski definition) is 4. The molecule has 1 heterocycles. The van der Waals surface area contributed by atoms with E-state index >= 15 is 0 Å². The largest absolute Gasteiger partial charge is 0.368 e. The maximum absolute atomic E-state index is 12.8. The van der Waals surface area contributed by atoms with E-state index in [1.807, 2.05) is 6.92 Å². The van der Waals surface area contributed by atoms with Crippen LogP contribution in [0.2, 0.25) is 0 Å². The molecule has 0 unspecified atom stereocenters. The third kappa shape index (κ3) is 5.12. The van der Waals surface area contributed by atoms with Gasteiger partial charge in [0.1, 0.15) is 11.6 Å². The monoisotopic (exact) mass is 302 g/mol. The minimum Gasteiger partial charge on any atom is -0.368 e. The SMILES string of the molecule is CCCC(=O)Nc1ccc(NCCc2ccc(F)cc2)nn1. The molecule has 116 valence electrons. The molecule has 1 amide bonds. The minimum atomic E-state index is -0.233. The lowest BCUT2D eigenvalue weighted by molar-refractivity contribution is -0.116. The summed E-state index contributed by atoms with van der Waals surface area (Å²) in [6.45, 7) is 2.61. The predicted octanol–water partition coefficient (Wildman–Crippen LogP) is 3.01. The molecule has 0 aliphatic rings. The van der Waals surface area contributed by atoms with E-state index in [-0.39, 0.29) is 11.7 Å². The fraction of sp³-hybridized carbons (Fsp3) is 0.312. The first-order valence-corrected chi connectivity index (χ1v) is 7.29. The number of nitrogens with zero attached hydrogens (tertiary/aromatic N) is 2. The number of nitrogens with one attached hydrogen (secondary N) is 2. The molecular formula is C16H19FN4O. The van der Waals surface area contributed by atoms with Crippen molar-refractivity contribution in [3.8, 4) is 0 Å². The van der Waals surface area contributed by atoms with Crippen LogP contribution >= 0.6 is 0 Å². The summed E-state index contributed by atoms with van der Waals surface area (Å²) < 4.78 is 12.8. The Morgan fingerprint density at radius 3 is 2.41 bits per heavy atom. The van der Waals surface area contributed by atoms with Crippen LogP contribution in [0.1, 0.15) is 25.3 Å². The lowest BCUT2D eigenvalue weighted by atomic mass is 10.1. The Morgan fingerprint density at radius 1 is 1.09 bits per heavy atom. The van der Waals surface area contributed by atoms with Gasteiger partial charge in [-0.1, -0.05) is 19.1 Å². The van der Waals surface area contributed by atoms with E-state index in [4.69, 9.17) is 0 Å². The van der Waals surface area contributed by atoms with Gasteiger partial charge in [0.2, 0.25) is 5.91 Å². The van der Waals surface area contributed by atoms with Gasteiger partial charge in [-0.2, -0.15) is 0 Å². The maximum atomic E-state index is 12.8. The third-order valence-electron chi connectivity index (χ3n) is 3.04. The number of aromatic nitrogens is 2. The fourth-order valence-electron chi connectivity index (χ4n) is 1.91. The van der Waals surface area contributed by atoms with Crippen molar-refractivity contribution in [1.29, 1.82) is 0 Å². The van der Waals surface area contributed by atoms with E-state index in [0.717, 1.165) is 18.4 Å². The Kier molecular flexibility index (Phi) is 5.82. The van der Waals surface area contributed by atoms with Crippen LogP contribution in [0, 0.1) is 5.82 Å². The van der Waals surface area contributed by atoms with Gasteiger partial charge in [0.15, 0.2) is 5.82 Å². The van der Waals surface area contributed by atoms with Gasteiger partial charge in [-0.05, 0) is 42.7 Å².